The van der Waals surface area contributed by atoms with E-state index < -0.39 is 0 Å². The predicted molar refractivity (Wildman–Crippen MR) is 122 cm³/mol. The Morgan fingerprint density at radius 2 is 1.75 bits per heavy atom. The van der Waals surface area contributed by atoms with Crippen molar-refractivity contribution in [2.75, 3.05) is 18.1 Å². The summed E-state index contributed by atoms with van der Waals surface area (Å²) in [5, 5.41) is 1.41. The Bertz CT molecular complexity index is 990. The Labute approximate surface area is 175 Å². The fourth-order valence-electron chi connectivity index (χ4n) is 5.51. The lowest BCUT2D eigenvalue weighted by molar-refractivity contribution is 0.0356. The molecule has 28 heavy (non-hydrogen) atoms. The van der Waals surface area contributed by atoms with E-state index in [1.54, 1.807) is 5.69 Å². The number of fused-ring (bicyclic) bond motifs is 8. The standard InChI is InChI=1S/C24H26N2S2/c1-2-7-18(8-3-1)17-25-12-11-20-16-23(25)26-21-10-5-4-9-19(21)15-22(26)24(20)27-13-6-14-28-24/h1-5,7-10,15,20,23H,6,11-14,16-17H2. The summed E-state index contributed by atoms with van der Waals surface area (Å²) in [5.41, 5.74) is 4.44. The molecule has 4 heteroatoms. The Kier molecular flexibility index (Phi) is 4.29. The lowest BCUT2D eigenvalue weighted by Crippen LogP contribution is -2.50. The Morgan fingerprint density at radius 1 is 0.964 bits per heavy atom. The van der Waals surface area contributed by atoms with Crippen molar-refractivity contribution >= 4 is 34.4 Å². The van der Waals surface area contributed by atoms with E-state index in [1.807, 2.05) is 0 Å². The third-order valence-electron chi connectivity index (χ3n) is 6.77. The van der Waals surface area contributed by atoms with Crippen LogP contribution in [-0.2, 0) is 10.6 Å². The number of aromatic nitrogens is 1. The highest BCUT2D eigenvalue weighted by Crippen LogP contribution is 2.63. The van der Waals surface area contributed by atoms with Gasteiger partial charge in [-0.3, -0.25) is 4.90 Å². The van der Waals surface area contributed by atoms with Crippen LogP contribution in [0, 0.1) is 5.92 Å². The molecule has 2 unspecified atom stereocenters. The second-order valence-electron chi connectivity index (χ2n) is 8.33. The average Bonchev–Trinajstić information content (AvgIpc) is 3.15. The van der Waals surface area contributed by atoms with Crippen LogP contribution in [0.4, 0.5) is 0 Å². The Balaban J connectivity index is 1.49. The summed E-state index contributed by atoms with van der Waals surface area (Å²) in [6.07, 6.45) is 4.46. The maximum absolute atomic E-state index is 2.73. The van der Waals surface area contributed by atoms with E-state index in [2.05, 4.69) is 93.7 Å². The largest absolute Gasteiger partial charge is 0.326 e. The number of rotatable bonds is 2. The lowest BCUT2D eigenvalue weighted by atomic mass is 9.85. The van der Waals surface area contributed by atoms with E-state index in [0.717, 1.165) is 12.5 Å². The summed E-state index contributed by atoms with van der Waals surface area (Å²) < 4.78 is 2.99. The molecular weight excluding hydrogens is 380 g/mol. The Hall–Kier alpha value is -1.36. The minimum Gasteiger partial charge on any atom is -0.326 e. The molecule has 2 atom stereocenters. The number of benzene rings is 2. The molecule has 2 bridgehead atoms. The van der Waals surface area contributed by atoms with Gasteiger partial charge in [0.2, 0.25) is 0 Å². The first-order valence-electron chi connectivity index (χ1n) is 10.5. The molecular formula is C24H26N2S2. The first kappa shape index (κ1) is 17.5. The third kappa shape index (κ3) is 2.61. The topological polar surface area (TPSA) is 8.17 Å². The van der Waals surface area contributed by atoms with E-state index in [-0.39, 0.29) is 4.08 Å². The van der Waals surface area contributed by atoms with Crippen LogP contribution in [-0.4, -0.2) is 27.5 Å². The summed E-state index contributed by atoms with van der Waals surface area (Å²) >= 11 is 4.48. The maximum atomic E-state index is 2.73. The summed E-state index contributed by atoms with van der Waals surface area (Å²) in [6, 6.07) is 22.6. The number of likely N-dealkylation sites (tertiary alicyclic amines) is 1. The van der Waals surface area contributed by atoms with Gasteiger partial charge in [-0.05, 0) is 59.8 Å². The van der Waals surface area contributed by atoms with Crippen LogP contribution in [0.1, 0.15) is 36.7 Å². The van der Waals surface area contributed by atoms with E-state index in [0.29, 0.717) is 6.17 Å². The molecule has 3 aliphatic heterocycles. The molecule has 2 nitrogen and oxygen atoms in total. The first-order chi connectivity index (χ1) is 13.9. The van der Waals surface area contributed by atoms with Crippen molar-refractivity contribution < 1.29 is 0 Å². The molecule has 2 saturated heterocycles. The number of para-hydroxylation sites is 1. The van der Waals surface area contributed by atoms with E-state index in [4.69, 9.17) is 0 Å². The van der Waals surface area contributed by atoms with Crippen LogP contribution in [0.25, 0.3) is 10.9 Å². The van der Waals surface area contributed by atoms with Gasteiger partial charge in [-0.25, -0.2) is 0 Å². The average molecular weight is 407 g/mol. The number of thioether (sulfide) groups is 2. The van der Waals surface area contributed by atoms with Crippen molar-refractivity contribution in [2.45, 2.75) is 36.1 Å². The van der Waals surface area contributed by atoms with Crippen LogP contribution in [0.15, 0.2) is 60.7 Å². The fraction of sp³-hybridized carbons (Fsp3) is 0.417. The van der Waals surface area contributed by atoms with Crippen molar-refractivity contribution in [3.05, 3.63) is 71.9 Å². The number of nitrogens with zero attached hydrogens (tertiary/aromatic N) is 2. The SMILES string of the molecule is c1ccc(CN2CCC3CC2n2c(cc4ccccc42)C32SCCCS2)cc1. The molecule has 0 saturated carbocycles. The lowest BCUT2D eigenvalue weighted by Gasteiger charge is -2.54. The first-order valence-corrected chi connectivity index (χ1v) is 12.5. The normalized spacial score (nSPS) is 26.4. The summed E-state index contributed by atoms with van der Waals surface area (Å²) in [6.45, 7) is 2.26. The molecule has 0 radical (unpaired) electrons. The van der Waals surface area contributed by atoms with Crippen LogP contribution in [0.5, 0.6) is 0 Å². The van der Waals surface area contributed by atoms with Gasteiger partial charge in [-0.15, -0.1) is 23.5 Å². The van der Waals surface area contributed by atoms with Gasteiger partial charge in [0.15, 0.2) is 0 Å². The summed E-state index contributed by atoms with van der Waals surface area (Å²) in [5.74, 6) is 3.41. The second kappa shape index (κ2) is 6.86. The van der Waals surface area contributed by atoms with Crippen molar-refractivity contribution in [1.82, 2.24) is 9.47 Å². The van der Waals surface area contributed by atoms with Gasteiger partial charge in [-0.1, -0.05) is 48.5 Å². The van der Waals surface area contributed by atoms with Crippen LogP contribution >= 0.6 is 23.5 Å². The van der Waals surface area contributed by atoms with Gasteiger partial charge >= 0.3 is 0 Å². The van der Waals surface area contributed by atoms with Crippen molar-refractivity contribution in [2.24, 2.45) is 5.92 Å². The second-order valence-corrected chi connectivity index (χ2v) is 11.3. The van der Waals surface area contributed by atoms with Crippen LogP contribution in [0.2, 0.25) is 0 Å². The molecule has 3 aliphatic rings. The molecule has 0 amide bonds. The molecule has 3 aromatic rings. The zero-order valence-electron chi connectivity index (χ0n) is 16.1. The van der Waals surface area contributed by atoms with Gasteiger partial charge < -0.3 is 4.57 Å². The monoisotopic (exact) mass is 406 g/mol. The molecule has 144 valence electrons. The van der Waals surface area contributed by atoms with E-state index >= 15 is 0 Å². The number of hydrogen-bond acceptors (Lipinski definition) is 3. The molecule has 4 heterocycles. The highest BCUT2D eigenvalue weighted by Gasteiger charge is 2.52. The quantitative estimate of drug-likeness (QED) is 0.509. The van der Waals surface area contributed by atoms with E-state index in [1.165, 1.54) is 53.8 Å². The van der Waals surface area contributed by atoms with Crippen molar-refractivity contribution in [3.63, 3.8) is 0 Å². The van der Waals surface area contributed by atoms with Gasteiger partial charge in [0.1, 0.15) is 4.08 Å². The molecule has 0 N–H and O–H groups in total. The molecule has 6 rings (SSSR count). The van der Waals surface area contributed by atoms with E-state index in [9.17, 15) is 0 Å². The van der Waals surface area contributed by atoms with Gasteiger partial charge in [0, 0.05) is 24.3 Å². The van der Waals surface area contributed by atoms with Crippen LogP contribution in [0.3, 0.4) is 0 Å². The molecule has 0 aliphatic carbocycles. The minimum atomic E-state index is 0.270. The highest BCUT2D eigenvalue weighted by molar-refractivity contribution is 8.18. The van der Waals surface area contributed by atoms with Crippen molar-refractivity contribution in [1.29, 1.82) is 0 Å². The number of piperidine rings is 1. The van der Waals surface area contributed by atoms with Gasteiger partial charge in [0.25, 0.3) is 0 Å². The zero-order valence-corrected chi connectivity index (χ0v) is 17.7. The summed E-state index contributed by atoms with van der Waals surface area (Å²) in [4.78, 5) is 2.73. The molecule has 1 aromatic heterocycles. The minimum absolute atomic E-state index is 0.270. The van der Waals surface area contributed by atoms with Crippen molar-refractivity contribution in [3.8, 4) is 0 Å². The number of hydrogen-bond donors (Lipinski definition) is 0. The summed E-state index contributed by atoms with van der Waals surface area (Å²) in [7, 11) is 0. The fourth-order valence-corrected chi connectivity index (χ4v) is 9.22. The smallest absolute Gasteiger partial charge is 0.104 e. The third-order valence-corrected chi connectivity index (χ3v) is 10.4. The zero-order chi connectivity index (χ0) is 18.6. The molecule has 2 aromatic carbocycles. The molecule has 2 fully saturated rings. The highest BCUT2D eigenvalue weighted by atomic mass is 32.2. The molecule has 1 spiro atoms. The van der Waals surface area contributed by atoms with Gasteiger partial charge in [0.05, 0.1) is 6.17 Å². The van der Waals surface area contributed by atoms with Gasteiger partial charge in [-0.2, -0.15) is 0 Å². The maximum Gasteiger partial charge on any atom is 0.104 e. The predicted octanol–water partition coefficient (Wildman–Crippen LogP) is 6.09. The Morgan fingerprint density at radius 3 is 2.61 bits per heavy atom. The van der Waals surface area contributed by atoms with Crippen LogP contribution < -0.4 is 0 Å².